The standard InChI is InChI=1S/C25H22F3N7/c26-25(27,28)20-9-16-15(3-7-31-22(16)33-20)23-32-18-12-30-11-17(13-1-2-13)21(18)24(34-23)35-8-5-14-10-29-6-4-19(14)35/h3,7,9-13,19,29H,1-2,4-6,8H2,(H,31,33)/t19-/m1/s1. The Bertz CT molecular complexity index is 1500. The van der Waals surface area contributed by atoms with Crippen molar-refractivity contribution >= 4 is 27.8 Å². The molecule has 1 saturated carbocycles. The van der Waals surface area contributed by atoms with Gasteiger partial charge >= 0.3 is 6.18 Å². The third-order valence-electron chi connectivity index (χ3n) is 7.28. The van der Waals surface area contributed by atoms with Gasteiger partial charge in [-0.05, 0) is 61.1 Å². The molecule has 0 aromatic carbocycles. The maximum absolute atomic E-state index is 13.4. The Kier molecular flexibility index (Phi) is 4.37. The normalized spacial score (nSPS) is 20.3. The Balaban J connectivity index is 1.46. The van der Waals surface area contributed by atoms with Crippen molar-refractivity contribution < 1.29 is 13.2 Å². The number of H-pyrrole nitrogens is 1. The lowest BCUT2D eigenvalue weighted by atomic mass is 10.0. The largest absolute Gasteiger partial charge is 0.431 e. The van der Waals surface area contributed by atoms with Gasteiger partial charge < -0.3 is 15.2 Å². The number of halogens is 3. The highest BCUT2D eigenvalue weighted by atomic mass is 19.4. The Hall–Kier alpha value is -3.69. The molecule has 0 radical (unpaired) electrons. The van der Waals surface area contributed by atoms with Crippen LogP contribution in [0.5, 0.6) is 0 Å². The van der Waals surface area contributed by atoms with Crippen LogP contribution < -0.4 is 10.2 Å². The molecule has 0 amide bonds. The van der Waals surface area contributed by atoms with Crippen molar-refractivity contribution in [2.24, 2.45) is 0 Å². The van der Waals surface area contributed by atoms with Crippen molar-refractivity contribution in [1.82, 2.24) is 30.2 Å². The van der Waals surface area contributed by atoms with Crippen LogP contribution in [0.2, 0.25) is 0 Å². The van der Waals surface area contributed by atoms with E-state index in [0.29, 0.717) is 22.7 Å². The molecule has 6 heterocycles. The SMILES string of the molecule is FC(F)(F)c1cc2c(-c3nc(N4CCC5=CNCC[C@H]54)c4c(C5CC5)cncc4n3)ccnc2[nH]1. The summed E-state index contributed by atoms with van der Waals surface area (Å²) in [5, 5.41) is 4.71. The molecule has 7 rings (SSSR count). The third kappa shape index (κ3) is 3.34. The van der Waals surface area contributed by atoms with Gasteiger partial charge in [0.15, 0.2) is 5.82 Å². The highest BCUT2D eigenvalue weighted by molar-refractivity contribution is 5.97. The lowest BCUT2D eigenvalue weighted by molar-refractivity contribution is -0.140. The highest BCUT2D eigenvalue weighted by Gasteiger charge is 2.36. The summed E-state index contributed by atoms with van der Waals surface area (Å²) >= 11 is 0. The molecule has 0 bridgehead atoms. The van der Waals surface area contributed by atoms with E-state index in [1.807, 2.05) is 6.20 Å². The lowest BCUT2D eigenvalue weighted by Crippen LogP contribution is -2.36. The molecule has 1 aliphatic carbocycles. The zero-order valence-corrected chi connectivity index (χ0v) is 18.7. The summed E-state index contributed by atoms with van der Waals surface area (Å²) in [7, 11) is 0. The molecule has 1 saturated heterocycles. The second kappa shape index (κ2) is 7.40. The van der Waals surface area contributed by atoms with Crippen LogP contribution in [0.3, 0.4) is 0 Å². The van der Waals surface area contributed by atoms with E-state index in [1.54, 1.807) is 12.3 Å². The summed E-state index contributed by atoms with van der Waals surface area (Å²) in [6.45, 7) is 1.73. The maximum atomic E-state index is 13.4. The van der Waals surface area contributed by atoms with Crippen molar-refractivity contribution in [2.75, 3.05) is 18.0 Å². The summed E-state index contributed by atoms with van der Waals surface area (Å²) in [4.78, 5) is 23.2. The average molecular weight is 477 g/mol. The first-order valence-electron chi connectivity index (χ1n) is 11.9. The fraction of sp³-hybridized carbons (Fsp3) is 0.360. The number of aromatic amines is 1. The molecule has 3 aliphatic rings. The number of hydrogen-bond acceptors (Lipinski definition) is 6. The zero-order valence-electron chi connectivity index (χ0n) is 18.7. The molecule has 35 heavy (non-hydrogen) atoms. The number of aromatic nitrogens is 5. The zero-order chi connectivity index (χ0) is 23.7. The van der Waals surface area contributed by atoms with Gasteiger partial charge in [-0.1, -0.05) is 0 Å². The Morgan fingerprint density at radius 1 is 1.09 bits per heavy atom. The van der Waals surface area contributed by atoms with Crippen LogP contribution in [-0.2, 0) is 6.18 Å². The second-order valence-corrected chi connectivity index (χ2v) is 9.49. The summed E-state index contributed by atoms with van der Waals surface area (Å²) in [5.41, 5.74) is 3.08. The van der Waals surface area contributed by atoms with Crippen LogP contribution in [-0.4, -0.2) is 44.1 Å². The maximum Gasteiger partial charge on any atom is 0.431 e. The number of hydrogen-bond donors (Lipinski definition) is 2. The predicted octanol–water partition coefficient (Wildman–Crippen LogP) is 4.92. The van der Waals surface area contributed by atoms with Gasteiger partial charge in [0.1, 0.15) is 17.2 Å². The number of nitrogens with one attached hydrogen (secondary N) is 2. The highest BCUT2D eigenvalue weighted by Crippen LogP contribution is 2.46. The van der Waals surface area contributed by atoms with E-state index >= 15 is 0 Å². The first-order valence-corrected chi connectivity index (χ1v) is 11.9. The average Bonchev–Trinajstić information content (AvgIpc) is 3.44. The quantitative estimate of drug-likeness (QED) is 0.436. The fourth-order valence-corrected chi connectivity index (χ4v) is 5.45. The number of nitrogens with zero attached hydrogens (tertiary/aromatic N) is 5. The van der Waals surface area contributed by atoms with E-state index in [2.05, 4.69) is 31.4 Å². The van der Waals surface area contributed by atoms with Gasteiger partial charge in [-0.25, -0.2) is 15.0 Å². The van der Waals surface area contributed by atoms with Gasteiger partial charge in [-0.15, -0.1) is 0 Å². The monoisotopic (exact) mass is 477 g/mol. The Labute approximate surface area is 198 Å². The minimum Gasteiger partial charge on any atom is -0.391 e. The van der Waals surface area contributed by atoms with Crippen molar-refractivity contribution in [1.29, 1.82) is 0 Å². The molecular weight excluding hydrogens is 455 g/mol. The van der Waals surface area contributed by atoms with Gasteiger partial charge in [-0.3, -0.25) is 4.98 Å². The smallest absolute Gasteiger partial charge is 0.391 e. The summed E-state index contributed by atoms with van der Waals surface area (Å²) < 4.78 is 40.2. The molecule has 2 aliphatic heterocycles. The van der Waals surface area contributed by atoms with Crippen molar-refractivity contribution in [2.45, 2.75) is 43.8 Å². The van der Waals surface area contributed by atoms with Gasteiger partial charge in [0.25, 0.3) is 0 Å². The molecule has 7 nitrogen and oxygen atoms in total. The van der Waals surface area contributed by atoms with E-state index in [1.165, 1.54) is 11.8 Å². The lowest BCUT2D eigenvalue weighted by Gasteiger charge is -2.30. The van der Waals surface area contributed by atoms with Crippen LogP contribution in [0.4, 0.5) is 19.0 Å². The van der Waals surface area contributed by atoms with Crippen LogP contribution in [0.25, 0.3) is 33.3 Å². The molecule has 2 fully saturated rings. The Morgan fingerprint density at radius 3 is 2.80 bits per heavy atom. The predicted molar refractivity (Wildman–Crippen MR) is 126 cm³/mol. The molecular formula is C25H22F3N7. The first-order chi connectivity index (χ1) is 17.0. The minimum absolute atomic E-state index is 0.162. The van der Waals surface area contributed by atoms with Gasteiger partial charge in [0.2, 0.25) is 0 Å². The molecule has 10 heteroatoms. The van der Waals surface area contributed by atoms with Gasteiger partial charge in [0, 0.05) is 41.8 Å². The second-order valence-electron chi connectivity index (χ2n) is 9.49. The summed E-state index contributed by atoms with van der Waals surface area (Å²) in [6.07, 6.45) is 6.94. The fourth-order valence-electron chi connectivity index (χ4n) is 5.45. The number of fused-ring (bicyclic) bond motifs is 3. The van der Waals surface area contributed by atoms with Crippen molar-refractivity contribution in [3.8, 4) is 11.4 Å². The number of anilines is 1. The van der Waals surface area contributed by atoms with Crippen LogP contribution in [0, 0.1) is 0 Å². The van der Waals surface area contributed by atoms with E-state index in [9.17, 15) is 13.2 Å². The molecule has 0 spiro atoms. The van der Waals surface area contributed by atoms with Crippen LogP contribution in [0.1, 0.15) is 42.9 Å². The number of alkyl halides is 3. The summed E-state index contributed by atoms with van der Waals surface area (Å²) in [6, 6.07) is 3.02. The van der Waals surface area contributed by atoms with E-state index < -0.39 is 11.9 Å². The molecule has 4 aromatic heterocycles. The molecule has 0 unspecified atom stereocenters. The summed E-state index contributed by atoms with van der Waals surface area (Å²) in [5.74, 6) is 1.69. The first kappa shape index (κ1) is 20.7. The molecule has 1 atom stereocenters. The van der Waals surface area contributed by atoms with Crippen molar-refractivity contribution in [3.05, 3.63) is 53.8 Å². The van der Waals surface area contributed by atoms with Crippen LogP contribution in [0.15, 0.2) is 42.5 Å². The third-order valence-corrected chi connectivity index (χ3v) is 7.28. The number of rotatable bonds is 3. The number of pyridine rings is 2. The molecule has 4 aromatic rings. The van der Waals surface area contributed by atoms with Crippen molar-refractivity contribution in [3.63, 3.8) is 0 Å². The molecule has 2 N–H and O–H groups in total. The Morgan fingerprint density at radius 2 is 1.97 bits per heavy atom. The topological polar surface area (TPSA) is 82.6 Å². The minimum atomic E-state index is -4.50. The van der Waals surface area contributed by atoms with E-state index in [-0.39, 0.29) is 11.7 Å². The molecule has 178 valence electrons. The van der Waals surface area contributed by atoms with Crippen LogP contribution >= 0.6 is 0 Å². The van der Waals surface area contributed by atoms with E-state index in [4.69, 9.17) is 9.97 Å². The van der Waals surface area contributed by atoms with Gasteiger partial charge in [0.05, 0.1) is 17.8 Å². The van der Waals surface area contributed by atoms with E-state index in [0.717, 1.165) is 67.1 Å². The van der Waals surface area contributed by atoms with Gasteiger partial charge in [-0.2, -0.15) is 13.2 Å².